The summed E-state index contributed by atoms with van der Waals surface area (Å²) in [6.45, 7) is 5.55. The van der Waals surface area contributed by atoms with Crippen molar-refractivity contribution in [1.29, 1.82) is 0 Å². The quantitative estimate of drug-likeness (QED) is 0.580. The van der Waals surface area contributed by atoms with Gasteiger partial charge in [-0.05, 0) is 24.6 Å². The third-order valence-corrected chi connectivity index (χ3v) is 2.38. The molecule has 0 saturated heterocycles. The first-order chi connectivity index (χ1) is 9.02. The zero-order valence-corrected chi connectivity index (χ0v) is 10.8. The van der Waals surface area contributed by atoms with E-state index in [1.165, 1.54) is 6.92 Å². The van der Waals surface area contributed by atoms with Gasteiger partial charge >= 0.3 is 11.9 Å². The molecule has 0 aromatic heterocycles. The smallest absolute Gasteiger partial charge is 0.344 e. The number of carbonyl (C=O) groups is 2. The molecule has 1 atom stereocenters. The molecule has 19 heavy (non-hydrogen) atoms. The fourth-order valence-corrected chi connectivity index (χ4v) is 1.44. The van der Waals surface area contributed by atoms with Gasteiger partial charge in [0.25, 0.3) is 0 Å². The molecule has 0 radical (unpaired) electrons. The van der Waals surface area contributed by atoms with E-state index in [2.05, 4.69) is 11.9 Å². The monoisotopic (exact) mass is 263 g/mol. The average molecular weight is 263 g/mol. The van der Waals surface area contributed by atoms with E-state index in [-0.39, 0.29) is 6.42 Å². The number of benzene rings is 1. The summed E-state index contributed by atoms with van der Waals surface area (Å²) in [5, 5.41) is 11.7. The van der Waals surface area contributed by atoms with Crippen LogP contribution in [0.5, 0.6) is 0 Å². The Morgan fingerprint density at radius 2 is 2.26 bits per heavy atom. The normalized spacial score (nSPS) is 11.4. The third-order valence-electron chi connectivity index (χ3n) is 2.38. The van der Waals surface area contributed by atoms with E-state index in [1.54, 1.807) is 12.1 Å². The van der Waals surface area contributed by atoms with Gasteiger partial charge in [-0.2, -0.15) is 0 Å². The number of rotatable bonds is 7. The van der Waals surface area contributed by atoms with Crippen LogP contribution >= 0.6 is 0 Å². The van der Waals surface area contributed by atoms with E-state index in [1.807, 2.05) is 18.2 Å². The van der Waals surface area contributed by atoms with Crippen molar-refractivity contribution >= 4 is 17.6 Å². The highest BCUT2D eigenvalue weighted by molar-refractivity contribution is 5.79. The van der Waals surface area contributed by atoms with E-state index in [9.17, 15) is 9.59 Å². The van der Waals surface area contributed by atoms with E-state index >= 15 is 0 Å². The molecular weight excluding hydrogens is 246 g/mol. The second-order valence-corrected chi connectivity index (χ2v) is 4.02. The predicted molar refractivity (Wildman–Crippen MR) is 72.0 cm³/mol. The Morgan fingerprint density at radius 3 is 2.89 bits per heavy atom. The summed E-state index contributed by atoms with van der Waals surface area (Å²) in [6.07, 6.45) is 0.644. The van der Waals surface area contributed by atoms with Gasteiger partial charge in [0, 0.05) is 12.2 Å². The molecule has 102 valence electrons. The Labute approximate surface area is 111 Å². The van der Waals surface area contributed by atoms with Crippen LogP contribution in [0.15, 0.2) is 36.9 Å². The Bertz CT molecular complexity index is 470. The molecule has 1 aromatic carbocycles. The maximum absolute atomic E-state index is 11.5. The fraction of sp³-hybridized carbons (Fsp3) is 0.286. The molecule has 0 aliphatic rings. The van der Waals surface area contributed by atoms with Crippen molar-refractivity contribution in [2.24, 2.45) is 0 Å². The molecule has 1 unspecified atom stereocenters. The van der Waals surface area contributed by atoms with Crippen LogP contribution in [-0.2, 0) is 20.7 Å². The highest BCUT2D eigenvalue weighted by atomic mass is 16.6. The number of anilines is 1. The highest BCUT2D eigenvalue weighted by Gasteiger charge is 2.16. The van der Waals surface area contributed by atoms with Gasteiger partial charge in [0.2, 0.25) is 0 Å². The van der Waals surface area contributed by atoms with Crippen molar-refractivity contribution in [2.75, 3.05) is 11.9 Å². The van der Waals surface area contributed by atoms with E-state index in [0.29, 0.717) is 6.54 Å². The number of ether oxygens (including phenoxy) is 1. The lowest BCUT2D eigenvalue weighted by atomic mass is 10.1. The SMILES string of the molecule is C=CCNc1cccc(CC(=O)OC(C)C(=O)O)c1. The van der Waals surface area contributed by atoms with Gasteiger partial charge in [-0.25, -0.2) is 4.79 Å². The van der Waals surface area contributed by atoms with Crippen molar-refractivity contribution in [3.05, 3.63) is 42.5 Å². The van der Waals surface area contributed by atoms with Gasteiger partial charge in [-0.15, -0.1) is 6.58 Å². The number of carboxylic acids is 1. The Balaban J connectivity index is 2.58. The molecule has 0 aliphatic carbocycles. The molecule has 0 spiro atoms. The minimum atomic E-state index is -1.16. The van der Waals surface area contributed by atoms with Crippen LogP contribution in [0, 0.1) is 0 Å². The summed E-state index contributed by atoms with van der Waals surface area (Å²) in [7, 11) is 0. The number of hydrogen-bond donors (Lipinski definition) is 2. The first-order valence-electron chi connectivity index (χ1n) is 5.89. The largest absolute Gasteiger partial charge is 0.479 e. The second-order valence-electron chi connectivity index (χ2n) is 4.02. The van der Waals surface area contributed by atoms with Crippen LogP contribution in [0.2, 0.25) is 0 Å². The van der Waals surface area contributed by atoms with Crippen LogP contribution in [0.25, 0.3) is 0 Å². The summed E-state index contributed by atoms with van der Waals surface area (Å²) >= 11 is 0. The minimum absolute atomic E-state index is 0.0429. The number of aliphatic carboxylic acids is 1. The Morgan fingerprint density at radius 1 is 1.53 bits per heavy atom. The van der Waals surface area contributed by atoms with Gasteiger partial charge in [0.15, 0.2) is 6.10 Å². The molecule has 0 aliphatic heterocycles. The van der Waals surface area contributed by atoms with Gasteiger partial charge in [0.05, 0.1) is 6.42 Å². The molecule has 5 heteroatoms. The lowest BCUT2D eigenvalue weighted by Crippen LogP contribution is -2.24. The molecule has 2 N–H and O–H groups in total. The third kappa shape index (κ3) is 5.25. The predicted octanol–water partition coefficient (Wildman–Crippen LogP) is 1.84. The van der Waals surface area contributed by atoms with Crippen molar-refractivity contribution in [3.63, 3.8) is 0 Å². The maximum Gasteiger partial charge on any atom is 0.344 e. The van der Waals surface area contributed by atoms with Crippen LogP contribution in [-0.4, -0.2) is 29.7 Å². The fourth-order valence-electron chi connectivity index (χ4n) is 1.44. The van der Waals surface area contributed by atoms with Crippen molar-refractivity contribution < 1.29 is 19.4 Å². The summed E-state index contributed by atoms with van der Waals surface area (Å²) in [6, 6.07) is 7.29. The molecule has 0 heterocycles. The molecule has 0 fully saturated rings. The zero-order valence-electron chi connectivity index (χ0n) is 10.8. The number of esters is 1. The van der Waals surface area contributed by atoms with Gasteiger partial charge in [-0.1, -0.05) is 18.2 Å². The van der Waals surface area contributed by atoms with Gasteiger partial charge in [0.1, 0.15) is 0 Å². The van der Waals surface area contributed by atoms with E-state index in [4.69, 9.17) is 9.84 Å². The zero-order chi connectivity index (χ0) is 14.3. The molecule has 0 amide bonds. The summed E-state index contributed by atoms with van der Waals surface area (Å²) in [5.74, 6) is -1.72. The van der Waals surface area contributed by atoms with E-state index in [0.717, 1.165) is 11.3 Å². The summed E-state index contributed by atoms with van der Waals surface area (Å²) in [4.78, 5) is 22.1. The van der Waals surface area contributed by atoms with Crippen molar-refractivity contribution in [2.45, 2.75) is 19.4 Å². The average Bonchev–Trinajstić information content (AvgIpc) is 2.36. The maximum atomic E-state index is 11.5. The first-order valence-corrected chi connectivity index (χ1v) is 5.89. The number of carboxylic acid groups (broad SMARTS) is 1. The van der Waals surface area contributed by atoms with E-state index < -0.39 is 18.0 Å². The molecule has 0 saturated carbocycles. The Kier molecular flexibility index (Phi) is 5.60. The molecule has 1 aromatic rings. The molecular formula is C14H17NO4. The number of hydrogen-bond acceptors (Lipinski definition) is 4. The first kappa shape index (κ1) is 14.8. The van der Waals surface area contributed by atoms with Crippen LogP contribution in [0.3, 0.4) is 0 Å². The molecule has 0 bridgehead atoms. The minimum Gasteiger partial charge on any atom is -0.479 e. The Hall–Kier alpha value is -2.30. The lowest BCUT2D eigenvalue weighted by Gasteiger charge is -2.09. The van der Waals surface area contributed by atoms with Gasteiger partial charge in [-0.3, -0.25) is 4.79 Å². The molecule has 5 nitrogen and oxygen atoms in total. The number of carbonyl (C=O) groups excluding carboxylic acids is 1. The number of nitrogens with one attached hydrogen (secondary N) is 1. The lowest BCUT2D eigenvalue weighted by molar-refractivity contribution is -0.162. The van der Waals surface area contributed by atoms with Crippen molar-refractivity contribution in [3.8, 4) is 0 Å². The summed E-state index contributed by atoms with van der Waals surface area (Å²) < 4.78 is 4.76. The van der Waals surface area contributed by atoms with Gasteiger partial charge < -0.3 is 15.2 Å². The van der Waals surface area contributed by atoms with Crippen LogP contribution < -0.4 is 5.32 Å². The molecule has 1 rings (SSSR count). The van der Waals surface area contributed by atoms with Crippen LogP contribution in [0.4, 0.5) is 5.69 Å². The standard InChI is InChI=1S/C14H17NO4/c1-3-7-15-12-6-4-5-11(8-12)9-13(16)19-10(2)14(17)18/h3-6,8,10,15H,1,7,9H2,2H3,(H,17,18). The van der Waals surface area contributed by atoms with Crippen LogP contribution in [0.1, 0.15) is 12.5 Å². The van der Waals surface area contributed by atoms with Crippen molar-refractivity contribution in [1.82, 2.24) is 0 Å². The summed E-state index contributed by atoms with van der Waals surface area (Å²) in [5.41, 5.74) is 1.63. The highest BCUT2D eigenvalue weighted by Crippen LogP contribution is 2.11. The topological polar surface area (TPSA) is 75.6 Å². The second kappa shape index (κ2) is 7.20.